The molecule has 0 fully saturated rings. The van der Waals surface area contributed by atoms with Gasteiger partial charge in [0.05, 0.1) is 17.7 Å². The molecule has 3 rings (SSSR count). The Bertz CT molecular complexity index is 1170. The van der Waals surface area contributed by atoms with Crippen LogP contribution in [0.4, 0.5) is 11.4 Å². The van der Waals surface area contributed by atoms with E-state index in [9.17, 15) is 13.2 Å². The van der Waals surface area contributed by atoms with Gasteiger partial charge in [-0.3, -0.25) is 9.52 Å². The van der Waals surface area contributed by atoms with Gasteiger partial charge in [0.1, 0.15) is 0 Å². The van der Waals surface area contributed by atoms with Crippen LogP contribution in [0.3, 0.4) is 0 Å². The molecular formula is C22H21ClN2O5S. The van der Waals surface area contributed by atoms with E-state index in [1.807, 2.05) is 0 Å². The number of amides is 1. The van der Waals surface area contributed by atoms with Crippen molar-refractivity contribution in [1.82, 2.24) is 0 Å². The van der Waals surface area contributed by atoms with Crippen LogP contribution in [0.5, 0.6) is 11.5 Å². The molecule has 0 unspecified atom stereocenters. The van der Waals surface area contributed by atoms with Gasteiger partial charge in [-0.2, -0.15) is 0 Å². The molecule has 0 spiro atoms. The van der Waals surface area contributed by atoms with E-state index in [2.05, 4.69) is 10.0 Å². The zero-order chi connectivity index (χ0) is 22.4. The summed E-state index contributed by atoms with van der Waals surface area (Å²) >= 11 is 5.89. The third-order valence-electron chi connectivity index (χ3n) is 4.25. The summed E-state index contributed by atoms with van der Waals surface area (Å²) < 4.78 is 38.4. The molecule has 1 atom stereocenters. The second-order valence-electron chi connectivity index (χ2n) is 6.54. The van der Waals surface area contributed by atoms with Crippen LogP contribution in [-0.4, -0.2) is 27.5 Å². The summed E-state index contributed by atoms with van der Waals surface area (Å²) in [7, 11) is -2.28. The van der Waals surface area contributed by atoms with E-state index in [0.29, 0.717) is 27.9 Å². The van der Waals surface area contributed by atoms with Crippen molar-refractivity contribution in [3.8, 4) is 11.5 Å². The molecule has 162 valence electrons. The molecule has 31 heavy (non-hydrogen) atoms. The van der Waals surface area contributed by atoms with Gasteiger partial charge in [-0.05, 0) is 61.5 Å². The van der Waals surface area contributed by atoms with Crippen LogP contribution in [0.25, 0.3) is 0 Å². The van der Waals surface area contributed by atoms with E-state index < -0.39 is 22.0 Å². The Kier molecular flexibility index (Phi) is 7.04. The van der Waals surface area contributed by atoms with E-state index in [1.54, 1.807) is 49.4 Å². The molecule has 0 saturated carbocycles. The number of halogens is 1. The average molecular weight is 461 g/mol. The molecule has 3 aromatic carbocycles. The van der Waals surface area contributed by atoms with Gasteiger partial charge in [-0.15, -0.1) is 0 Å². The Labute approximate surface area is 186 Å². The summed E-state index contributed by atoms with van der Waals surface area (Å²) in [5, 5.41) is 3.12. The van der Waals surface area contributed by atoms with E-state index in [1.165, 1.54) is 37.4 Å². The Morgan fingerprint density at radius 2 is 1.61 bits per heavy atom. The van der Waals surface area contributed by atoms with Gasteiger partial charge in [-0.1, -0.05) is 29.8 Å². The summed E-state index contributed by atoms with van der Waals surface area (Å²) in [5.41, 5.74) is 0.786. The fourth-order valence-electron chi connectivity index (χ4n) is 2.69. The maximum atomic E-state index is 12.5. The first-order valence-corrected chi connectivity index (χ1v) is 11.1. The molecule has 9 heteroatoms. The minimum Gasteiger partial charge on any atom is -0.493 e. The number of benzene rings is 3. The lowest BCUT2D eigenvalue weighted by Crippen LogP contribution is -2.30. The number of rotatable bonds is 8. The van der Waals surface area contributed by atoms with Crippen molar-refractivity contribution in [2.45, 2.75) is 17.9 Å². The lowest BCUT2D eigenvalue weighted by Gasteiger charge is -2.16. The van der Waals surface area contributed by atoms with Crippen LogP contribution < -0.4 is 19.5 Å². The number of hydrogen-bond donors (Lipinski definition) is 2. The third-order valence-corrected chi connectivity index (χ3v) is 5.88. The molecule has 0 aliphatic rings. The molecule has 0 saturated heterocycles. The SMILES string of the molecule is COc1ccccc1O[C@H](C)C(=O)Nc1ccc(S(=O)(=O)Nc2cccc(Cl)c2)cc1. The number of anilines is 2. The summed E-state index contributed by atoms with van der Waals surface area (Å²) in [6.07, 6.45) is -0.802. The molecule has 0 radical (unpaired) electrons. The van der Waals surface area contributed by atoms with Gasteiger partial charge in [-0.25, -0.2) is 8.42 Å². The van der Waals surface area contributed by atoms with Crippen LogP contribution >= 0.6 is 11.6 Å². The Morgan fingerprint density at radius 3 is 2.26 bits per heavy atom. The zero-order valence-corrected chi connectivity index (χ0v) is 18.4. The monoisotopic (exact) mass is 460 g/mol. The molecule has 7 nitrogen and oxygen atoms in total. The van der Waals surface area contributed by atoms with Crippen LogP contribution in [0, 0.1) is 0 Å². The van der Waals surface area contributed by atoms with Gasteiger partial charge in [0.2, 0.25) is 0 Å². The largest absolute Gasteiger partial charge is 0.493 e. The van der Waals surface area contributed by atoms with Gasteiger partial charge in [0.25, 0.3) is 15.9 Å². The molecular weight excluding hydrogens is 440 g/mol. The molecule has 0 aromatic heterocycles. The maximum Gasteiger partial charge on any atom is 0.265 e. The highest BCUT2D eigenvalue weighted by Gasteiger charge is 2.18. The summed E-state index contributed by atoms with van der Waals surface area (Å²) in [6, 6.07) is 19.2. The lowest BCUT2D eigenvalue weighted by atomic mass is 10.3. The minimum atomic E-state index is -3.80. The second kappa shape index (κ2) is 9.72. The predicted molar refractivity (Wildman–Crippen MR) is 120 cm³/mol. The topological polar surface area (TPSA) is 93.7 Å². The number of carbonyl (C=O) groups excluding carboxylic acids is 1. The highest BCUT2D eigenvalue weighted by molar-refractivity contribution is 7.92. The van der Waals surface area contributed by atoms with E-state index in [-0.39, 0.29) is 4.90 Å². The first-order valence-electron chi connectivity index (χ1n) is 9.27. The Hall–Kier alpha value is -3.23. The van der Waals surface area contributed by atoms with Crippen LogP contribution in [0.1, 0.15) is 6.92 Å². The van der Waals surface area contributed by atoms with Gasteiger partial charge >= 0.3 is 0 Å². The summed E-state index contributed by atoms with van der Waals surface area (Å²) in [5.74, 6) is 0.573. The van der Waals surface area contributed by atoms with Crippen molar-refractivity contribution >= 4 is 38.9 Å². The summed E-state index contributed by atoms with van der Waals surface area (Å²) in [4.78, 5) is 12.5. The van der Waals surface area contributed by atoms with Crippen LogP contribution in [0.15, 0.2) is 77.7 Å². The molecule has 1 amide bonds. The quantitative estimate of drug-likeness (QED) is 0.514. The number of sulfonamides is 1. The van der Waals surface area contributed by atoms with Gasteiger partial charge in [0.15, 0.2) is 17.6 Å². The van der Waals surface area contributed by atoms with Crippen molar-refractivity contribution in [3.05, 3.63) is 77.8 Å². The van der Waals surface area contributed by atoms with Gasteiger partial charge < -0.3 is 14.8 Å². The standard InChI is InChI=1S/C22H21ClN2O5S/c1-15(30-21-9-4-3-8-20(21)29-2)22(26)24-17-10-12-19(13-11-17)31(27,28)25-18-7-5-6-16(23)14-18/h3-15,25H,1-2H3,(H,24,26)/t15-/m1/s1. The fraction of sp³-hybridized carbons (Fsp3) is 0.136. The number of para-hydroxylation sites is 2. The number of ether oxygens (including phenoxy) is 2. The van der Waals surface area contributed by atoms with E-state index >= 15 is 0 Å². The van der Waals surface area contributed by atoms with Crippen LogP contribution in [0.2, 0.25) is 5.02 Å². The van der Waals surface area contributed by atoms with Crippen molar-refractivity contribution in [3.63, 3.8) is 0 Å². The number of hydrogen-bond acceptors (Lipinski definition) is 5. The predicted octanol–water partition coefficient (Wildman–Crippen LogP) is 4.56. The average Bonchev–Trinajstić information content (AvgIpc) is 2.74. The highest BCUT2D eigenvalue weighted by Crippen LogP contribution is 2.27. The Morgan fingerprint density at radius 1 is 0.935 bits per heavy atom. The molecule has 0 heterocycles. The number of nitrogens with one attached hydrogen (secondary N) is 2. The normalized spacial score (nSPS) is 12.0. The van der Waals surface area contributed by atoms with E-state index in [0.717, 1.165) is 0 Å². The smallest absolute Gasteiger partial charge is 0.265 e. The first-order chi connectivity index (χ1) is 14.8. The van der Waals surface area contributed by atoms with Crippen molar-refractivity contribution in [2.75, 3.05) is 17.1 Å². The minimum absolute atomic E-state index is 0.0452. The first kappa shape index (κ1) is 22.5. The van der Waals surface area contributed by atoms with E-state index in [4.69, 9.17) is 21.1 Å². The van der Waals surface area contributed by atoms with Gasteiger partial charge in [0, 0.05) is 10.7 Å². The van der Waals surface area contributed by atoms with Crippen molar-refractivity contribution in [2.24, 2.45) is 0 Å². The summed E-state index contributed by atoms with van der Waals surface area (Å²) in [6.45, 7) is 1.61. The zero-order valence-electron chi connectivity index (χ0n) is 16.8. The third kappa shape index (κ3) is 5.90. The Balaban J connectivity index is 1.65. The molecule has 0 aliphatic heterocycles. The van der Waals surface area contributed by atoms with Crippen molar-refractivity contribution < 1.29 is 22.7 Å². The number of carbonyl (C=O) groups is 1. The maximum absolute atomic E-state index is 12.5. The highest BCUT2D eigenvalue weighted by atomic mass is 35.5. The molecule has 3 aromatic rings. The molecule has 2 N–H and O–H groups in total. The van der Waals surface area contributed by atoms with Crippen LogP contribution in [-0.2, 0) is 14.8 Å². The fourth-order valence-corrected chi connectivity index (χ4v) is 3.93. The lowest BCUT2D eigenvalue weighted by molar-refractivity contribution is -0.122. The number of methoxy groups -OCH3 is 1. The second-order valence-corrected chi connectivity index (χ2v) is 8.66. The molecule has 0 bridgehead atoms. The molecule has 0 aliphatic carbocycles. The van der Waals surface area contributed by atoms with Crippen molar-refractivity contribution in [1.29, 1.82) is 0 Å².